The number of carbonyl (C=O) groups is 3. The van der Waals surface area contributed by atoms with Gasteiger partial charge in [0, 0.05) is 38.7 Å². The van der Waals surface area contributed by atoms with Crippen molar-refractivity contribution in [2.75, 3.05) is 26.7 Å². The van der Waals surface area contributed by atoms with Crippen molar-refractivity contribution in [2.24, 2.45) is 5.73 Å². The van der Waals surface area contributed by atoms with E-state index in [1.807, 2.05) is 0 Å². The van der Waals surface area contributed by atoms with Crippen LogP contribution in [0.5, 0.6) is 0 Å². The van der Waals surface area contributed by atoms with E-state index in [1.165, 1.54) is 11.9 Å². The molecule has 1 fully saturated rings. The van der Waals surface area contributed by atoms with Crippen molar-refractivity contribution in [2.45, 2.75) is 38.0 Å². The first-order valence-electron chi connectivity index (χ1n) is 12.7. The molecule has 1 unspecified atom stereocenters. The number of carbonyl (C=O) groups excluding carboxylic acids is 2. The average molecular weight is 533 g/mol. The molecule has 2 heterocycles. The number of carboxylic acid groups (broad SMARTS) is 1. The number of nitrogens with two attached hydrogens (primary N) is 1. The van der Waals surface area contributed by atoms with E-state index in [9.17, 15) is 19.2 Å². The Morgan fingerprint density at radius 3 is 2.44 bits per heavy atom. The lowest BCUT2D eigenvalue weighted by molar-refractivity contribution is -0.144. The molecule has 0 bridgehead atoms. The first-order chi connectivity index (χ1) is 18.5. The Kier molecular flexibility index (Phi) is 7.80. The van der Waals surface area contributed by atoms with Gasteiger partial charge in [0.2, 0.25) is 11.8 Å². The van der Waals surface area contributed by atoms with Crippen LogP contribution in [0.25, 0.3) is 11.0 Å². The van der Waals surface area contributed by atoms with Crippen molar-refractivity contribution in [1.29, 1.82) is 5.41 Å². The maximum Gasteiger partial charge on any atom is 0.312 e. The molecule has 1 aromatic heterocycles. The van der Waals surface area contributed by atoms with Gasteiger partial charge in [0.15, 0.2) is 0 Å². The molecule has 1 aliphatic rings. The topological polar surface area (TPSA) is 174 Å². The summed E-state index contributed by atoms with van der Waals surface area (Å²) in [6.07, 6.45) is 1.38. The van der Waals surface area contributed by atoms with Crippen molar-refractivity contribution in [1.82, 2.24) is 19.8 Å². The van der Waals surface area contributed by atoms with Crippen LogP contribution in [-0.4, -0.2) is 75.2 Å². The highest BCUT2D eigenvalue weighted by atomic mass is 16.4. The van der Waals surface area contributed by atoms with Crippen molar-refractivity contribution in [3.63, 3.8) is 0 Å². The molecule has 204 valence electrons. The average Bonchev–Trinajstić information content (AvgIpc) is 3.43. The number of nitrogens with zero attached hydrogens (tertiary/aromatic N) is 3. The molecule has 0 aliphatic carbocycles. The Hall–Kier alpha value is -4.54. The largest absolute Gasteiger partial charge is 0.481 e. The number of carboxylic acids is 1. The summed E-state index contributed by atoms with van der Waals surface area (Å²) in [7, 11) is 1.49. The van der Waals surface area contributed by atoms with Gasteiger partial charge in [-0.05, 0) is 43.0 Å². The van der Waals surface area contributed by atoms with Gasteiger partial charge in [-0.15, -0.1) is 0 Å². The Bertz CT molecular complexity index is 1490. The van der Waals surface area contributed by atoms with E-state index < -0.39 is 23.7 Å². The van der Waals surface area contributed by atoms with E-state index in [4.69, 9.17) is 16.2 Å². The minimum Gasteiger partial charge on any atom is -0.481 e. The molecule has 1 aliphatic heterocycles. The number of benzene rings is 2. The fourth-order valence-corrected chi connectivity index (χ4v) is 4.96. The molecule has 39 heavy (non-hydrogen) atoms. The zero-order chi connectivity index (χ0) is 28.3. The van der Waals surface area contributed by atoms with Gasteiger partial charge in [-0.2, -0.15) is 0 Å². The van der Waals surface area contributed by atoms with Crippen LogP contribution in [0.4, 0.5) is 0 Å². The van der Waals surface area contributed by atoms with Crippen LogP contribution in [0.2, 0.25) is 0 Å². The second-order valence-corrected chi connectivity index (χ2v) is 10.2. The number of aromatic nitrogens is 2. The Balaban J connectivity index is 1.71. The van der Waals surface area contributed by atoms with E-state index in [0.717, 1.165) is 18.4 Å². The highest BCUT2D eigenvalue weighted by molar-refractivity contribution is 5.95. The van der Waals surface area contributed by atoms with Crippen molar-refractivity contribution < 1.29 is 19.5 Å². The van der Waals surface area contributed by atoms with Gasteiger partial charge in [-0.1, -0.05) is 30.3 Å². The molecular weight excluding hydrogens is 500 g/mol. The van der Waals surface area contributed by atoms with Gasteiger partial charge in [-0.25, -0.2) is 4.98 Å². The van der Waals surface area contributed by atoms with Gasteiger partial charge in [0.1, 0.15) is 18.0 Å². The Morgan fingerprint density at radius 1 is 1.15 bits per heavy atom. The number of amides is 2. The molecular formula is C28H32N6O5. The number of nitrogen functional groups attached to an aromatic ring is 1. The summed E-state index contributed by atoms with van der Waals surface area (Å²) in [4.78, 5) is 60.7. The van der Waals surface area contributed by atoms with Crippen LogP contribution >= 0.6 is 0 Å². The molecule has 0 radical (unpaired) electrons. The van der Waals surface area contributed by atoms with Gasteiger partial charge < -0.3 is 25.6 Å². The number of likely N-dealkylation sites (N-methyl/N-ethyl adjacent to an activating group) is 1. The van der Waals surface area contributed by atoms with Crippen molar-refractivity contribution in [3.05, 3.63) is 75.2 Å². The Morgan fingerprint density at radius 2 is 1.82 bits per heavy atom. The number of fused-ring (bicyclic) bond motifs is 1. The molecule has 0 saturated carbocycles. The van der Waals surface area contributed by atoms with Gasteiger partial charge in [0.25, 0.3) is 5.56 Å². The first-order valence-corrected chi connectivity index (χ1v) is 12.7. The summed E-state index contributed by atoms with van der Waals surface area (Å²) < 4.78 is 0. The number of hydrogen-bond donors (Lipinski definition) is 4. The molecule has 1 atom stereocenters. The number of rotatable bonds is 9. The number of aliphatic carboxylic acids is 1. The number of amidine groups is 1. The van der Waals surface area contributed by atoms with Crippen molar-refractivity contribution in [3.8, 4) is 0 Å². The van der Waals surface area contributed by atoms with E-state index in [2.05, 4.69) is 9.97 Å². The molecule has 2 amide bonds. The lowest BCUT2D eigenvalue weighted by Crippen LogP contribution is -2.51. The monoisotopic (exact) mass is 532 g/mol. The summed E-state index contributed by atoms with van der Waals surface area (Å²) >= 11 is 0. The van der Waals surface area contributed by atoms with Crippen LogP contribution in [0.3, 0.4) is 0 Å². The highest BCUT2D eigenvalue weighted by Gasteiger charge is 2.41. The number of aromatic amines is 1. The highest BCUT2D eigenvalue weighted by Crippen LogP contribution is 2.31. The number of H-pyrrole nitrogens is 1. The zero-order valence-electron chi connectivity index (χ0n) is 22.0. The van der Waals surface area contributed by atoms with Gasteiger partial charge in [0.05, 0.1) is 16.4 Å². The smallest absolute Gasteiger partial charge is 0.312 e. The second-order valence-electron chi connectivity index (χ2n) is 10.2. The molecule has 3 aromatic rings. The van der Waals surface area contributed by atoms with E-state index >= 15 is 0 Å². The fraction of sp³-hybridized carbons (Fsp3) is 0.357. The third-order valence-corrected chi connectivity index (χ3v) is 7.18. The summed E-state index contributed by atoms with van der Waals surface area (Å²) in [5.41, 5.74) is 7.32. The third-order valence-electron chi connectivity index (χ3n) is 7.18. The minimum atomic E-state index is -1.23. The van der Waals surface area contributed by atoms with E-state index in [-0.39, 0.29) is 36.0 Å². The van der Waals surface area contributed by atoms with Crippen molar-refractivity contribution >= 4 is 34.7 Å². The molecule has 11 nitrogen and oxygen atoms in total. The maximum absolute atomic E-state index is 13.8. The van der Waals surface area contributed by atoms with E-state index in [0.29, 0.717) is 35.2 Å². The normalized spacial score (nSPS) is 14.7. The molecule has 5 N–H and O–H groups in total. The predicted octanol–water partition coefficient (Wildman–Crippen LogP) is 1.61. The van der Waals surface area contributed by atoms with E-state index in [1.54, 1.807) is 54.3 Å². The summed E-state index contributed by atoms with van der Waals surface area (Å²) in [5.74, 6) is -2.02. The van der Waals surface area contributed by atoms with Crippen LogP contribution in [0.15, 0.2) is 47.3 Å². The summed E-state index contributed by atoms with van der Waals surface area (Å²) in [5, 5.41) is 16.6. The summed E-state index contributed by atoms with van der Waals surface area (Å²) in [6.45, 7) is 2.97. The quantitative estimate of drug-likeness (QED) is 0.184. The van der Waals surface area contributed by atoms with Crippen LogP contribution in [0.1, 0.15) is 48.6 Å². The maximum atomic E-state index is 13.8. The second kappa shape index (κ2) is 11.1. The minimum absolute atomic E-state index is 0.0152. The lowest BCUT2D eigenvalue weighted by Gasteiger charge is -2.36. The molecule has 11 heteroatoms. The number of hydrogen-bond acceptors (Lipinski definition) is 6. The molecule has 2 aromatic carbocycles. The van der Waals surface area contributed by atoms with Crippen LogP contribution < -0.4 is 11.3 Å². The molecule has 4 rings (SSSR count). The predicted molar refractivity (Wildman–Crippen MR) is 146 cm³/mol. The number of nitrogens with one attached hydrogen (secondary N) is 2. The lowest BCUT2D eigenvalue weighted by atomic mass is 9.80. The van der Waals surface area contributed by atoms with Gasteiger partial charge in [-0.3, -0.25) is 24.6 Å². The van der Waals surface area contributed by atoms with Crippen LogP contribution in [-0.2, 0) is 26.2 Å². The summed E-state index contributed by atoms with van der Waals surface area (Å²) in [6, 6.07) is 12.2. The number of likely N-dealkylation sites (tertiary alicyclic amines) is 1. The molecule has 0 spiro atoms. The fourth-order valence-electron chi connectivity index (χ4n) is 4.96. The third kappa shape index (κ3) is 5.97. The van der Waals surface area contributed by atoms with Gasteiger partial charge >= 0.3 is 5.97 Å². The Labute approximate surface area is 225 Å². The molecule has 1 saturated heterocycles. The first kappa shape index (κ1) is 27.5. The zero-order valence-corrected chi connectivity index (χ0v) is 22.0. The standard InChI is InChI=1S/C28H32N6O5/c1-28(27(39)34-11-3-4-12-34,16-33(2)23(35)15-24(36)37)19-9-10-20-21(14-19)31-22(26(38)32-20)13-17-5-7-18(8-6-17)25(29)30/h5-10,14H,3-4,11-13,15-16H2,1-2H3,(H3,29,30)(H,32,38)(H,36,37). The SMILES string of the molecule is CN(CC(C)(C(=O)N1CCCC1)c1ccc2[nH]c(=O)c(Cc3ccc(C(=N)N)cc3)nc2c1)C(=O)CC(=O)O. The van der Waals surface area contributed by atoms with Crippen LogP contribution in [0, 0.1) is 5.41 Å².